The van der Waals surface area contributed by atoms with Gasteiger partial charge in [-0.2, -0.15) is 0 Å². The van der Waals surface area contributed by atoms with Gasteiger partial charge >= 0.3 is 0 Å². The Morgan fingerprint density at radius 3 is 2.04 bits per heavy atom. The van der Waals surface area contributed by atoms with Crippen molar-refractivity contribution >= 4 is 44.1 Å². The summed E-state index contributed by atoms with van der Waals surface area (Å²) in [5, 5.41) is 11.4. The third-order valence-electron chi connectivity index (χ3n) is 10.8. The highest BCUT2D eigenvalue weighted by Gasteiger charge is 2.19. The summed E-state index contributed by atoms with van der Waals surface area (Å²) < 4.78 is 0. The fraction of sp³-hybridized carbons (Fsp3) is 0.100. The van der Waals surface area contributed by atoms with Crippen molar-refractivity contribution in [3.8, 4) is 22.3 Å². The van der Waals surface area contributed by atoms with Crippen molar-refractivity contribution in [3.05, 3.63) is 198 Å². The molecule has 0 radical (unpaired) electrons. The minimum atomic E-state index is -0.361. The molecule has 0 aromatic heterocycles. The number of benzene rings is 8. The van der Waals surface area contributed by atoms with Gasteiger partial charge in [0, 0.05) is 5.71 Å². The Morgan fingerprint density at radius 2 is 1.26 bits per heavy atom. The molecule has 0 saturated heterocycles. The molecule has 256 valence electrons. The molecule has 2 unspecified atom stereocenters. The van der Waals surface area contributed by atoms with Gasteiger partial charge in [-0.1, -0.05) is 170 Å². The van der Waals surface area contributed by atoms with Crippen LogP contribution in [0.2, 0.25) is 0 Å². The summed E-state index contributed by atoms with van der Waals surface area (Å²) in [5.74, 6) is 0. The van der Waals surface area contributed by atoms with Crippen LogP contribution in [0.1, 0.15) is 53.5 Å². The number of aliphatic imine (C=N–C) groups is 1. The van der Waals surface area contributed by atoms with Crippen LogP contribution in [-0.2, 0) is 6.42 Å². The van der Waals surface area contributed by atoms with E-state index in [4.69, 9.17) is 10.7 Å². The molecule has 0 fully saturated rings. The average molecular weight is 684 g/mol. The summed E-state index contributed by atoms with van der Waals surface area (Å²) in [7, 11) is 0. The molecule has 53 heavy (non-hydrogen) atoms. The van der Waals surface area contributed by atoms with Crippen LogP contribution in [0.4, 0.5) is 0 Å². The van der Waals surface area contributed by atoms with Gasteiger partial charge in [0.05, 0.1) is 6.17 Å². The first kappa shape index (κ1) is 32.8. The third-order valence-corrected chi connectivity index (χ3v) is 10.8. The number of fused-ring (bicyclic) bond motifs is 7. The van der Waals surface area contributed by atoms with Crippen molar-refractivity contribution < 1.29 is 0 Å². The lowest BCUT2D eigenvalue weighted by molar-refractivity contribution is 0.466. The van der Waals surface area contributed by atoms with Gasteiger partial charge in [-0.3, -0.25) is 10.3 Å². The van der Waals surface area contributed by atoms with E-state index in [2.05, 4.69) is 140 Å². The van der Waals surface area contributed by atoms with Crippen LogP contribution in [0, 0.1) is 0 Å². The van der Waals surface area contributed by atoms with E-state index in [1.165, 1.54) is 65.7 Å². The second kappa shape index (κ2) is 14.1. The van der Waals surface area contributed by atoms with E-state index in [9.17, 15) is 0 Å². The molecule has 3 N–H and O–H groups in total. The maximum absolute atomic E-state index is 6.64. The Kier molecular flexibility index (Phi) is 8.73. The number of hydrogen-bond acceptors (Lipinski definition) is 3. The molecule has 9 rings (SSSR count). The molecule has 3 heteroatoms. The number of nitrogens with one attached hydrogen (secondary N) is 1. The number of nitrogens with zero attached hydrogens (tertiary/aromatic N) is 1. The van der Waals surface area contributed by atoms with Crippen molar-refractivity contribution in [3.63, 3.8) is 0 Å². The van der Waals surface area contributed by atoms with Gasteiger partial charge in [-0.25, -0.2) is 0 Å². The minimum absolute atomic E-state index is 0.304. The zero-order valence-electron chi connectivity index (χ0n) is 29.8. The molecule has 1 aliphatic carbocycles. The molecule has 2 atom stereocenters. The van der Waals surface area contributed by atoms with E-state index in [0.29, 0.717) is 0 Å². The van der Waals surface area contributed by atoms with Crippen LogP contribution < -0.4 is 11.1 Å². The maximum atomic E-state index is 6.64. The van der Waals surface area contributed by atoms with Gasteiger partial charge in [-0.05, 0) is 108 Å². The number of hydrogen-bond donors (Lipinski definition) is 2. The molecule has 0 amide bonds. The van der Waals surface area contributed by atoms with Crippen LogP contribution >= 0.6 is 0 Å². The number of aryl methyl sites for hydroxylation is 1. The fourth-order valence-corrected chi connectivity index (χ4v) is 8.09. The van der Waals surface area contributed by atoms with Gasteiger partial charge in [0.15, 0.2) is 0 Å². The molecule has 8 aromatic rings. The predicted octanol–water partition coefficient (Wildman–Crippen LogP) is 12.2. The Bertz CT molecular complexity index is 2660. The van der Waals surface area contributed by atoms with E-state index in [1.54, 1.807) is 0 Å². The van der Waals surface area contributed by atoms with Gasteiger partial charge in [-0.15, -0.1) is 0 Å². The lowest BCUT2D eigenvalue weighted by atomic mass is 9.84. The average Bonchev–Trinajstić information content (AvgIpc) is 3.23. The van der Waals surface area contributed by atoms with Crippen LogP contribution in [0.25, 0.3) is 60.6 Å². The number of allylic oxidation sites excluding steroid dienone is 1. The molecule has 0 aliphatic heterocycles. The van der Waals surface area contributed by atoms with E-state index in [0.717, 1.165) is 35.2 Å². The number of nitrogens with two attached hydrogens (primary N) is 1. The van der Waals surface area contributed by atoms with Crippen LogP contribution in [0.5, 0.6) is 0 Å². The van der Waals surface area contributed by atoms with E-state index < -0.39 is 0 Å². The fourth-order valence-electron chi connectivity index (χ4n) is 8.09. The van der Waals surface area contributed by atoms with Crippen LogP contribution in [-0.4, -0.2) is 5.71 Å². The highest BCUT2D eigenvalue weighted by molar-refractivity contribution is 6.15. The second-order valence-corrected chi connectivity index (χ2v) is 14.0. The summed E-state index contributed by atoms with van der Waals surface area (Å²) in [5.41, 5.74) is 18.5. The normalized spacial score (nSPS) is 14.0. The zero-order valence-corrected chi connectivity index (χ0v) is 29.8. The largest absolute Gasteiger partial charge is 0.312 e. The lowest BCUT2D eigenvalue weighted by Gasteiger charge is -2.22. The minimum Gasteiger partial charge on any atom is -0.312 e. The first-order chi connectivity index (χ1) is 26.1. The first-order valence-electron chi connectivity index (χ1n) is 18.5. The quantitative estimate of drug-likeness (QED) is 0.0951. The van der Waals surface area contributed by atoms with Crippen molar-refractivity contribution in [2.45, 2.75) is 32.1 Å². The van der Waals surface area contributed by atoms with E-state index in [1.807, 2.05) is 48.5 Å². The van der Waals surface area contributed by atoms with Gasteiger partial charge in [0.2, 0.25) is 0 Å². The lowest BCUT2D eigenvalue weighted by Crippen LogP contribution is -2.32. The zero-order chi connectivity index (χ0) is 35.7. The molecule has 1 aliphatic rings. The summed E-state index contributed by atoms with van der Waals surface area (Å²) in [6, 6.07) is 58.6. The summed E-state index contributed by atoms with van der Waals surface area (Å²) in [6.07, 6.45) is 6.13. The van der Waals surface area contributed by atoms with Crippen molar-refractivity contribution in [2.24, 2.45) is 10.7 Å². The molecule has 0 bridgehead atoms. The maximum Gasteiger partial charge on any atom is 0.127 e. The molecule has 0 heterocycles. The smallest absolute Gasteiger partial charge is 0.127 e. The highest BCUT2D eigenvalue weighted by Crippen LogP contribution is 2.42. The monoisotopic (exact) mass is 683 g/mol. The molecular weight excluding hydrogens is 643 g/mol. The summed E-state index contributed by atoms with van der Waals surface area (Å²) in [6.45, 7) is 2.08. The summed E-state index contributed by atoms with van der Waals surface area (Å²) in [4.78, 5) is 5.21. The summed E-state index contributed by atoms with van der Waals surface area (Å²) >= 11 is 0. The van der Waals surface area contributed by atoms with Crippen LogP contribution in [0.15, 0.2) is 175 Å². The number of rotatable bonds is 8. The van der Waals surface area contributed by atoms with Crippen molar-refractivity contribution in [2.75, 3.05) is 0 Å². The molecule has 0 spiro atoms. The van der Waals surface area contributed by atoms with Gasteiger partial charge in [0.25, 0.3) is 0 Å². The molecule has 3 nitrogen and oxygen atoms in total. The Labute approximate surface area is 311 Å². The first-order valence-corrected chi connectivity index (χ1v) is 18.5. The topological polar surface area (TPSA) is 50.4 Å². The van der Waals surface area contributed by atoms with Gasteiger partial charge < -0.3 is 5.73 Å². The SMILES string of the molecule is C/C(=N\C(NC(N)c1ccccc1)c1ccccc1)c1ccc(-c2c(-c3ccc4c5c(c6ccccc6c4c3)C=CCC5)ccc3ccccc23)cc1. The van der Waals surface area contributed by atoms with Gasteiger partial charge in [0.1, 0.15) is 6.17 Å². The third kappa shape index (κ3) is 6.25. The van der Waals surface area contributed by atoms with E-state index >= 15 is 0 Å². The molecule has 0 saturated carbocycles. The molecule has 8 aromatic carbocycles. The Balaban J connectivity index is 1.12. The predicted molar refractivity (Wildman–Crippen MR) is 225 cm³/mol. The van der Waals surface area contributed by atoms with E-state index in [-0.39, 0.29) is 12.3 Å². The Hall–Kier alpha value is -6.13. The second-order valence-electron chi connectivity index (χ2n) is 14.0. The standard InChI is InChI=1S/C50H41N3/c1-33(52-50(38-17-6-3-7-18-38)53-49(51)37-15-4-2-5-16-37)34-24-26-36(27-25-34)48-40-19-9-8-14-35(40)28-30-41(48)39-29-31-46-44-22-11-10-20-42(44)43-21-12-13-23-45(43)47(46)32-39/h2-10,12-21,23-32,49-50,53H,11,22,51H2,1H3/b52-33+. The highest BCUT2D eigenvalue weighted by atomic mass is 15.1. The Morgan fingerprint density at radius 1 is 0.604 bits per heavy atom. The molecular formula is C50H41N3. The van der Waals surface area contributed by atoms with Crippen molar-refractivity contribution in [1.82, 2.24) is 5.32 Å². The van der Waals surface area contributed by atoms with Crippen LogP contribution in [0.3, 0.4) is 0 Å². The van der Waals surface area contributed by atoms with Crippen molar-refractivity contribution in [1.29, 1.82) is 0 Å².